The van der Waals surface area contributed by atoms with E-state index in [1.165, 1.54) is 4.90 Å². The fraction of sp³-hybridized carbons (Fsp3) is 0.727. The summed E-state index contributed by atoms with van der Waals surface area (Å²) < 4.78 is 0. The molecule has 1 fully saturated rings. The van der Waals surface area contributed by atoms with Gasteiger partial charge in [0.25, 0.3) is 0 Å². The zero-order valence-corrected chi connectivity index (χ0v) is 10.4. The number of carboxylic acids is 1. The number of nitrogens with one attached hydrogen (secondary N) is 1. The van der Waals surface area contributed by atoms with E-state index < -0.39 is 23.9 Å². The van der Waals surface area contributed by atoms with Crippen LogP contribution >= 0.6 is 0 Å². The molecule has 4 N–H and O–H groups in total. The molecular formula is C11H19N3O4. The van der Waals surface area contributed by atoms with Crippen LogP contribution in [0.1, 0.15) is 26.2 Å². The van der Waals surface area contributed by atoms with Gasteiger partial charge >= 0.3 is 12.0 Å². The number of nitrogens with zero attached hydrogens (tertiary/aromatic N) is 1. The van der Waals surface area contributed by atoms with Crippen LogP contribution in [-0.4, -0.2) is 47.0 Å². The van der Waals surface area contributed by atoms with Crippen molar-refractivity contribution in [3.8, 4) is 0 Å². The van der Waals surface area contributed by atoms with Crippen molar-refractivity contribution in [3.05, 3.63) is 0 Å². The average Bonchev–Trinajstić information content (AvgIpc) is 2.98. The summed E-state index contributed by atoms with van der Waals surface area (Å²) >= 11 is 0. The second-order valence-corrected chi connectivity index (χ2v) is 4.74. The fourth-order valence-electron chi connectivity index (χ4n) is 1.65. The molecule has 0 spiro atoms. The van der Waals surface area contributed by atoms with Crippen molar-refractivity contribution < 1.29 is 19.5 Å². The Labute approximate surface area is 105 Å². The highest BCUT2D eigenvalue weighted by Gasteiger charge is 2.28. The highest BCUT2D eigenvalue weighted by molar-refractivity contribution is 5.81. The normalized spacial score (nSPS) is 15.8. The maximum Gasteiger partial charge on any atom is 0.323 e. The molecule has 1 aliphatic rings. The lowest BCUT2D eigenvalue weighted by Crippen LogP contribution is -2.47. The van der Waals surface area contributed by atoms with E-state index >= 15 is 0 Å². The summed E-state index contributed by atoms with van der Waals surface area (Å²) in [4.78, 5) is 34.5. The summed E-state index contributed by atoms with van der Waals surface area (Å²) in [5.74, 6) is -1.15. The molecule has 1 saturated carbocycles. The van der Waals surface area contributed by atoms with E-state index in [2.05, 4.69) is 5.32 Å². The fourth-order valence-corrected chi connectivity index (χ4v) is 1.65. The first-order valence-electron chi connectivity index (χ1n) is 5.94. The largest absolute Gasteiger partial charge is 0.480 e. The first kappa shape index (κ1) is 14.3. The van der Waals surface area contributed by atoms with Crippen LogP contribution in [0.5, 0.6) is 0 Å². The number of nitrogens with two attached hydrogens (primary N) is 1. The average molecular weight is 257 g/mol. The molecule has 18 heavy (non-hydrogen) atoms. The number of amides is 3. The summed E-state index contributed by atoms with van der Waals surface area (Å²) in [6.45, 7) is 1.77. The SMILES string of the molecule is CC(CC(N)=O)NC(=O)N(CC(=O)O)CC1CC1. The van der Waals surface area contributed by atoms with E-state index in [0.717, 1.165) is 12.8 Å². The van der Waals surface area contributed by atoms with Crippen molar-refractivity contribution in [2.24, 2.45) is 11.7 Å². The van der Waals surface area contributed by atoms with Gasteiger partial charge in [0, 0.05) is 19.0 Å². The minimum absolute atomic E-state index is 0.0378. The van der Waals surface area contributed by atoms with Gasteiger partial charge in [0.1, 0.15) is 6.54 Å². The summed E-state index contributed by atoms with van der Waals surface area (Å²) in [6, 6.07) is -0.858. The van der Waals surface area contributed by atoms with Crippen LogP contribution < -0.4 is 11.1 Å². The van der Waals surface area contributed by atoms with Gasteiger partial charge in [-0.25, -0.2) is 4.79 Å². The highest BCUT2D eigenvalue weighted by atomic mass is 16.4. The first-order valence-corrected chi connectivity index (χ1v) is 5.94. The lowest BCUT2D eigenvalue weighted by atomic mass is 10.2. The van der Waals surface area contributed by atoms with Gasteiger partial charge < -0.3 is 21.1 Å². The molecule has 1 rings (SSSR count). The van der Waals surface area contributed by atoms with Crippen LogP contribution in [0.2, 0.25) is 0 Å². The second-order valence-electron chi connectivity index (χ2n) is 4.74. The molecule has 0 aromatic rings. The van der Waals surface area contributed by atoms with Gasteiger partial charge in [-0.1, -0.05) is 0 Å². The third-order valence-electron chi connectivity index (χ3n) is 2.67. The molecule has 1 aliphatic carbocycles. The van der Waals surface area contributed by atoms with Gasteiger partial charge in [-0.3, -0.25) is 9.59 Å². The van der Waals surface area contributed by atoms with Crippen LogP contribution in [0, 0.1) is 5.92 Å². The van der Waals surface area contributed by atoms with Crippen LogP contribution in [0.4, 0.5) is 4.79 Å². The number of hydrogen-bond donors (Lipinski definition) is 3. The number of urea groups is 1. The molecule has 0 radical (unpaired) electrons. The lowest BCUT2D eigenvalue weighted by molar-refractivity contribution is -0.137. The standard InChI is InChI=1S/C11H19N3O4/c1-7(4-9(12)15)13-11(18)14(6-10(16)17)5-8-2-3-8/h7-8H,2-6H2,1H3,(H2,12,15)(H,13,18)(H,16,17). The Kier molecular flexibility index (Phi) is 4.94. The Morgan fingerprint density at radius 2 is 2.06 bits per heavy atom. The number of carbonyl (C=O) groups excluding carboxylic acids is 2. The zero-order valence-electron chi connectivity index (χ0n) is 10.4. The Morgan fingerprint density at radius 3 is 2.50 bits per heavy atom. The van der Waals surface area contributed by atoms with E-state index in [9.17, 15) is 14.4 Å². The Bertz CT molecular complexity index is 341. The Morgan fingerprint density at radius 1 is 1.44 bits per heavy atom. The molecule has 7 heteroatoms. The molecule has 0 aromatic heterocycles. The molecule has 1 unspecified atom stereocenters. The van der Waals surface area contributed by atoms with Crippen molar-refractivity contribution in [1.82, 2.24) is 10.2 Å². The molecule has 0 aromatic carbocycles. The van der Waals surface area contributed by atoms with Crippen molar-refractivity contribution in [3.63, 3.8) is 0 Å². The lowest BCUT2D eigenvalue weighted by Gasteiger charge is -2.23. The number of carbonyl (C=O) groups is 3. The molecule has 0 heterocycles. The van der Waals surface area contributed by atoms with Gasteiger partial charge in [0.2, 0.25) is 5.91 Å². The topological polar surface area (TPSA) is 113 Å². The molecule has 1 atom stereocenters. The van der Waals surface area contributed by atoms with E-state index in [-0.39, 0.29) is 13.0 Å². The van der Waals surface area contributed by atoms with Crippen LogP contribution in [-0.2, 0) is 9.59 Å². The first-order chi connectivity index (χ1) is 8.38. The molecule has 102 valence electrons. The van der Waals surface area contributed by atoms with Gasteiger partial charge in [-0.05, 0) is 25.7 Å². The predicted molar refractivity (Wildman–Crippen MR) is 63.7 cm³/mol. The third-order valence-corrected chi connectivity index (χ3v) is 2.67. The summed E-state index contributed by atoms with van der Waals surface area (Å²) in [5.41, 5.74) is 5.02. The Hall–Kier alpha value is -1.79. The zero-order chi connectivity index (χ0) is 13.7. The maximum absolute atomic E-state index is 11.8. The maximum atomic E-state index is 11.8. The van der Waals surface area contributed by atoms with Gasteiger partial charge in [0.05, 0.1) is 0 Å². The van der Waals surface area contributed by atoms with Crippen molar-refractivity contribution in [2.45, 2.75) is 32.2 Å². The monoisotopic (exact) mass is 257 g/mol. The van der Waals surface area contributed by atoms with E-state index in [1.807, 2.05) is 0 Å². The second kappa shape index (κ2) is 6.23. The van der Waals surface area contributed by atoms with E-state index in [4.69, 9.17) is 10.8 Å². The Balaban J connectivity index is 2.46. The van der Waals surface area contributed by atoms with Gasteiger partial charge in [-0.15, -0.1) is 0 Å². The number of rotatable bonds is 7. The van der Waals surface area contributed by atoms with Crippen molar-refractivity contribution >= 4 is 17.9 Å². The third kappa shape index (κ3) is 5.51. The number of primary amides is 1. The predicted octanol–water partition coefficient (Wildman–Crippen LogP) is -0.243. The molecule has 3 amide bonds. The van der Waals surface area contributed by atoms with Crippen LogP contribution in [0.15, 0.2) is 0 Å². The molecular weight excluding hydrogens is 238 g/mol. The summed E-state index contributed by atoms with van der Waals surface area (Å²) in [7, 11) is 0. The minimum Gasteiger partial charge on any atom is -0.480 e. The van der Waals surface area contributed by atoms with Crippen LogP contribution in [0.25, 0.3) is 0 Å². The molecule has 0 saturated heterocycles. The summed E-state index contributed by atoms with van der Waals surface area (Å²) in [5, 5.41) is 11.3. The van der Waals surface area contributed by atoms with Gasteiger partial charge in [0.15, 0.2) is 0 Å². The van der Waals surface area contributed by atoms with Gasteiger partial charge in [-0.2, -0.15) is 0 Å². The molecule has 7 nitrogen and oxygen atoms in total. The van der Waals surface area contributed by atoms with Crippen molar-refractivity contribution in [2.75, 3.05) is 13.1 Å². The summed E-state index contributed by atoms with van der Waals surface area (Å²) in [6.07, 6.45) is 2.09. The van der Waals surface area contributed by atoms with E-state index in [0.29, 0.717) is 12.5 Å². The smallest absolute Gasteiger partial charge is 0.323 e. The number of carboxylic acid groups (broad SMARTS) is 1. The van der Waals surface area contributed by atoms with Crippen molar-refractivity contribution in [1.29, 1.82) is 0 Å². The number of aliphatic carboxylic acids is 1. The molecule has 0 aliphatic heterocycles. The molecule has 0 bridgehead atoms. The minimum atomic E-state index is -1.05. The van der Waals surface area contributed by atoms with E-state index in [1.54, 1.807) is 6.92 Å². The quantitative estimate of drug-likeness (QED) is 0.584. The number of hydrogen-bond acceptors (Lipinski definition) is 3. The highest BCUT2D eigenvalue weighted by Crippen LogP contribution is 2.29. The van der Waals surface area contributed by atoms with Crippen LogP contribution in [0.3, 0.4) is 0 Å².